The van der Waals surface area contributed by atoms with Crippen molar-refractivity contribution in [1.29, 1.82) is 0 Å². The van der Waals surface area contributed by atoms with Crippen molar-refractivity contribution < 1.29 is 4.79 Å². The molecule has 0 saturated carbocycles. The average molecular weight is 323 g/mol. The van der Waals surface area contributed by atoms with Gasteiger partial charge in [0.1, 0.15) is 0 Å². The zero-order valence-electron chi connectivity index (χ0n) is 14.2. The van der Waals surface area contributed by atoms with Crippen molar-refractivity contribution in [2.24, 2.45) is 0 Å². The largest absolute Gasteiger partial charge is 0.354 e. The van der Waals surface area contributed by atoms with E-state index in [2.05, 4.69) is 46.4 Å². The van der Waals surface area contributed by atoms with Crippen molar-refractivity contribution in [3.8, 4) is 0 Å². The van der Waals surface area contributed by atoms with E-state index >= 15 is 0 Å². The molecule has 0 bridgehead atoms. The van der Waals surface area contributed by atoms with Crippen molar-refractivity contribution in [3.63, 3.8) is 0 Å². The average Bonchev–Trinajstić information content (AvgIpc) is 3.05. The number of rotatable bonds is 6. The third-order valence-corrected chi connectivity index (χ3v) is 4.72. The smallest absolute Gasteiger partial charge is 0.226 e. The quantitative estimate of drug-likeness (QED) is 0.888. The highest BCUT2D eigenvalue weighted by Crippen LogP contribution is 2.28. The van der Waals surface area contributed by atoms with Crippen molar-refractivity contribution in [3.05, 3.63) is 65.5 Å². The highest BCUT2D eigenvalue weighted by Gasteiger charge is 2.24. The van der Waals surface area contributed by atoms with Crippen LogP contribution in [0.25, 0.3) is 0 Å². The number of aryl methyl sites for hydroxylation is 1. The molecular formula is C20H25N3O. The number of nitrogens with zero attached hydrogens (tertiary/aromatic N) is 2. The number of benzene rings is 1. The molecule has 1 aliphatic heterocycles. The molecule has 1 aromatic carbocycles. The fraction of sp³-hybridized carbons (Fsp3) is 0.400. The number of likely N-dealkylation sites (tertiary alicyclic amines) is 1. The number of carbonyl (C=O) groups is 1. The summed E-state index contributed by atoms with van der Waals surface area (Å²) in [7, 11) is 0. The summed E-state index contributed by atoms with van der Waals surface area (Å²) in [4.78, 5) is 18.6. The highest BCUT2D eigenvalue weighted by atomic mass is 16.1. The maximum Gasteiger partial charge on any atom is 0.226 e. The Bertz CT molecular complexity index is 672. The molecule has 0 spiro atoms. The Kier molecular flexibility index (Phi) is 5.59. The molecule has 1 saturated heterocycles. The number of aromatic nitrogens is 1. The van der Waals surface area contributed by atoms with Gasteiger partial charge in [-0.3, -0.25) is 9.78 Å². The van der Waals surface area contributed by atoms with Crippen LogP contribution in [0.15, 0.2) is 48.7 Å². The first-order chi connectivity index (χ1) is 11.7. The van der Waals surface area contributed by atoms with E-state index in [1.807, 2.05) is 18.2 Å². The van der Waals surface area contributed by atoms with Gasteiger partial charge in [-0.1, -0.05) is 30.3 Å². The standard InChI is InChI=1S/C20H25N3O/c1-16-6-2-3-8-19(16)17-9-12-23(15-17)13-11-22-20(24)14-18-7-4-5-10-21-18/h2-8,10,17H,9,11-15H2,1H3,(H,22,24)/t17-/m0/s1. The SMILES string of the molecule is Cc1ccccc1[C@H]1CCN(CCNC(=O)Cc2ccccn2)C1. The molecule has 1 atom stereocenters. The third-order valence-electron chi connectivity index (χ3n) is 4.72. The summed E-state index contributed by atoms with van der Waals surface area (Å²) < 4.78 is 0. The molecule has 126 valence electrons. The summed E-state index contributed by atoms with van der Waals surface area (Å²) in [6.45, 7) is 5.99. The molecule has 2 heterocycles. The normalized spacial score (nSPS) is 17.8. The van der Waals surface area contributed by atoms with Gasteiger partial charge in [0.15, 0.2) is 0 Å². The minimum absolute atomic E-state index is 0.0448. The summed E-state index contributed by atoms with van der Waals surface area (Å²) in [5.41, 5.74) is 3.67. The lowest BCUT2D eigenvalue weighted by atomic mass is 9.94. The predicted molar refractivity (Wildman–Crippen MR) is 95.9 cm³/mol. The van der Waals surface area contributed by atoms with Gasteiger partial charge in [0, 0.05) is 31.5 Å². The second kappa shape index (κ2) is 8.06. The van der Waals surface area contributed by atoms with Gasteiger partial charge in [0.2, 0.25) is 5.91 Å². The Morgan fingerprint density at radius 3 is 2.88 bits per heavy atom. The van der Waals surface area contributed by atoms with Crippen LogP contribution in [0.5, 0.6) is 0 Å². The van der Waals surface area contributed by atoms with Crippen LogP contribution >= 0.6 is 0 Å². The van der Waals surface area contributed by atoms with Gasteiger partial charge in [-0.2, -0.15) is 0 Å². The van der Waals surface area contributed by atoms with Crippen molar-refractivity contribution >= 4 is 5.91 Å². The Labute approximate surface area is 143 Å². The molecule has 3 rings (SSSR count). The molecule has 0 aliphatic carbocycles. The zero-order valence-corrected chi connectivity index (χ0v) is 14.2. The second-order valence-corrected chi connectivity index (χ2v) is 6.49. The van der Waals surface area contributed by atoms with Crippen molar-refractivity contribution in [2.45, 2.75) is 25.7 Å². The van der Waals surface area contributed by atoms with E-state index in [0.29, 0.717) is 18.9 Å². The van der Waals surface area contributed by atoms with Crippen LogP contribution in [0.3, 0.4) is 0 Å². The topological polar surface area (TPSA) is 45.2 Å². The summed E-state index contributed by atoms with van der Waals surface area (Å²) in [5.74, 6) is 0.666. The first-order valence-electron chi connectivity index (χ1n) is 8.67. The van der Waals surface area contributed by atoms with E-state index in [1.165, 1.54) is 17.5 Å². The lowest BCUT2D eigenvalue weighted by Gasteiger charge is -2.17. The zero-order chi connectivity index (χ0) is 16.8. The van der Waals surface area contributed by atoms with Crippen LogP contribution < -0.4 is 5.32 Å². The molecule has 24 heavy (non-hydrogen) atoms. The lowest BCUT2D eigenvalue weighted by Crippen LogP contribution is -2.34. The van der Waals surface area contributed by atoms with E-state index in [0.717, 1.165) is 25.3 Å². The van der Waals surface area contributed by atoms with Gasteiger partial charge < -0.3 is 10.2 Å². The van der Waals surface area contributed by atoms with Crippen molar-refractivity contribution in [1.82, 2.24) is 15.2 Å². The Hall–Kier alpha value is -2.20. The van der Waals surface area contributed by atoms with Gasteiger partial charge >= 0.3 is 0 Å². The molecule has 1 N–H and O–H groups in total. The third kappa shape index (κ3) is 4.42. The van der Waals surface area contributed by atoms with Crippen LogP contribution in [-0.2, 0) is 11.2 Å². The highest BCUT2D eigenvalue weighted by molar-refractivity contribution is 5.78. The van der Waals surface area contributed by atoms with E-state index in [1.54, 1.807) is 6.20 Å². The first-order valence-corrected chi connectivity index (χ1v) is 8.67. The summed E-state index contributed by atoms with van der Waals surface area (Å²) in [6.07, 6.45) is 3.28. The summed E-state index contributed by atoms with van der Waals surface area (Å²) in [5, 5.41) is 3.00. The molecule has 1 aliphatic rings. The monoisotopic (exact) mass is 323 g/mol. The molecule has 1 aromatic heterocycles. The molecule has 1 fully saturated rings. The second-order valence-electron chi connectivity index (χ2n) is 6.49. The van der Waals surface area contributed by atoms with Crippen molar-refractivity contribution in [2.75, 3.05) is 26.2 Å². The number of nitrogens with one attached hydrogen (secondary N) is 1. The molecule has 0 unspecified atom stereocenters. The fourth-order valence-electron chi connectivity index (χ4n) is 3.42. The first kappa shape index (κ1) is 16.7. The Morgan fingerprint density at radius 1 is 1.25 bits per heavy atom. The maximum absolute atomic E-state index is 11.9. The Morgan fingerprint density at radius 2 is 2.08 bits per heavy atom. The van der Waals surface area contributed by atoms with Gasteiger partial charge in [-0.25, -0.2) is 0 Å². The minimum atomic E-state index is 0.0448. The van der Waals surface area contributed by atoms with Gasteiger partial charge in [0.05, 0.1) is 6.42 Å². The summed E-state index contributed by atoms with van der Waals surface area (Å²) in [6, 6.07) is 14.3. The van der Waals surface area contributed by atoms with Crippen LogP contribution in [-0.4, -0.2) is 42.0 Å². The number of hydrogen-bond acceptors (Lipinski definition) is 3. The molecular weight excluding hydrogens is 298 g/mol. The van der Waals surface area contributed by atoms with Crippen LogP contribution in [0.4, 0.5) is 0 Å². The Balaban J connectivity index is 1.40. The molecule has 2 aromatic rings. The molecule has 4 nitrogen and oxygen atoms in total. The summed E-state index contributed by atoms with van der Waals surface area (Å²) >= 11 is 0. The van der Waals surface area contributed by atoms with Crippen LogP contribution in [0.1, 0.15) is 29.2 Å². The minimum Gasteiger partial charge on any atom is -0.354 e. The number of carbonyl (C=O) groups excluding carboxylic acids is 1. The van der Waals surface area contributed by atoms with E-state index in [9.17, 15) is 4.79 Å². The molecule has 0 radical (unpaired) electrons. The number of pyridine rings is 1. The van der Waals surface area contributed by atoms with E-state index in [-0.39, 0.29) is 5.91 Å². The maximum atomic E-state index is 11.9. The lowest BCUT2D eigenvalue weighted by molar-refractivity contribution is -0.120. The van der Waals surface area contributed by atoms with Crippen LogP contribution in [0.2, 0.25) is 0 Å². The van der Waals surface area contributed by atoms with Crippen LogP contribution in [0, 0.1) is 6.92 Å². The fourth-order valence-corrected chi connectivity index (χ4v) is 3.42. The number of amides is 1. The predicted octanol–water partition coefficient (Wildman–Crippen LogP) is 2.54. The van der Waals surface area contributed by atoms with Gasteiger partial charge in [0.25, 0.3) is 0 Å². The van der Waals surface area contributed by atoms with E-state index in [4.69, 9.17) is 0 Å². The van der Waals surface area contributed by atoms with Gasteiger partial charge in [-0.05, 0) is 49.1 Å². The van der Waals surface area contributed by atoms with E-state index < -0.39 is 0 Å². The van der Waals surface area contributed by atoms with Gasteiger partial charge in [-0.15, -0.1) is 0 Å². The number of hydrogen-bond donors (Lipinski definition) is 1. The molecule has 4 heteroatoms. The molecule has 1 amide bonds.